The quantitative estimate of drug-likeness (QED) is 0.717. The van der Waals surface area contributed by atoms with Crippen LogP contribution in [0.3, 0.4) is 0 Å². The van der Waals surface area contributed by atoms with Gasteiger partial charge in [0.2, 0.25) is 11.8 Å². The third-order valence-corrected chi connectivity index (χ3v) is 4.80. The van der Waals surface area contributed by atoms with Gasteiger partial charge in [0, 0.05) is 38.5 Å². The van der Waals surface area contributed by atoms with Crippen molar-refractivity contribution in [2.75, 3.05) is 13.1 Å². The highest BCUT2D eigenvalue weighted by Gasteiger charge is 2.30. The van der Waals surface area contributed by atoms with Crippen molar-refractivity contribution in [1.29, 1.82) is 0 Å². The molecule has 24 heavy (non-hydrogen) atoms. The van der Waals surface area contributed by atoms with Crippen molar-refractivity contribution in [3.8, 4) is 0 Å². The molecule has 0 saturated carbocycles. The van der Waals surface area contributed by atoms with Crippen molar-refractivity contribution >= 4 is 11.8 Å². The fourth-order valence-corrected chi connectivity index (χ4v) is 3.28. The van der Waals surface area contributed by atoms with Crippen LogP contribution in [0.2, 0.25) is 0 Å². The molecule has 1 aromatic carbocycles. The molecule has 1 aromatic rings. The first-order valence-electron chi connectivity index (χ1n) is 9.26. The highest BCUT2D eigenvalue weighted by Crippen LogP contribution is 2.18. The normalized spacial score (nSPS) is 18.6. The Morgan fingerprint density at radius 2 is 1.92 bits per heavy atom. The maximum absolute atomic E-state index is 12.6. The Kier molecular flexibility index (Phi) is 7.29. The van der Waals surface area contributed by atoms with E-state index in [9.17, 15) is 9.59 Å². The summed E-state index contributed by atoms with van der Waals surface area (Å²) in [5, 5.41) is 0. The fraction of sp³-hybridized carbons (Fsp3) is 0.600. The average Bonchev–Trinajstić information content (AvgIpc) is 2.76. The number of carbonyl (C=O) groups is 2. The zero-order valence-electron chi connectivity index (χ0n) is 15.0. The van der Waals surface area contributed by atoms with Gasteiger partial charge in [0.25, 0.3) is 0 Å². The Bertz CT molecular complexity index is 530. The smallest absolute Gasteiger partial charge is 0.224 e. The molecule has 0 aliphatic carbocycles. The molecule has 1 aliphatic rings. The lowest BCUT2D eigenvalue weighted by atomic mass is 10.1. The number of nitrogens with zero attached hydrogens (tertiary/aromatic N) is 2. The molecule has 0 N–H and O–H groups in total. The monoisotopic (exact) mass is 330 g/mol. The van der Waals surface area contributed by atoms with E-state index >= 15 is 0 Å². The van der Waals surface area contributed by atoms with Gasteiger partial charge in [-0.1, -0.05) is 57.0 Å². The Morgan fingerprint density at radius 3 is 2.58 bits per heavy atom. The molecule has 132 valence electrons. The minimum Gasteiger partial charge on any atom is -0.340 e. The van der Waals surface area contributed by atoms with Crippen molar-refractivity contribution < 1.29 is 9.59 Å². The van der Waals surface area contributed by atoms with Gasteiger partial charge in [0.15, 0.2) is 0 Å². The third-order valence-electron chi connectivity index (χ3n) is 4.80. The Balaban J connectivity index is 2.03. The van der Waals surface area contributed by atoms with Crippen LogP contribution in [0.25, 0.3) is 0 Å². The van der Waals surface area contributed by atoms with E-state index in [-0.39, 0.29) is 17.9 Å². The van der Waals surface area contributed by atoms with Crippen LogP contribution >= 0.6 is 0 Å². The molecule has 1 aliphatic heterocycles. The van der Waals surface area contributed by atoms with Crippen molar-refractivity contribution in [2.45, 2.75) is 65.0 Å². The highest BCUT2D eigenvalue weighted by atomic mass is 16.2. The predicted molar refractivity (Wildman–Crippen MR) is 96.4 cm³/mol. The molecular weight excluding hydrogens is 300 g/mol. The van der Waals surface area contributed by atoms with Crippen LogP contribution in [0.4, 0.5) is 0 Å². The van der Waals surface area contributed by atoms with Crippen LogP contribution in [0, 0.1) is 0 Å². The van der Waals surface area contributed by atoms with Gasteiger partial charge in [-0.25, -0.2) is 0 Å². The van der Waals surface area contributed by atoms with Crippen LogP contribution in [-0.4, -0.2) is 40.7 Å². The van der Waals surface area contributed by atoms with Crippen molar-refractivity contribution in [3.05, 3.63) is 35.9 Å². The second kappa shape index (κ2) is 9.45. The third kappa shape index (κ3) is 5.08. The maximum atomic E-state index is 12.6. The Hall–Kier alpha value is -1.84. The lowest BCUT2D eigenvalue weighted by Crippen LogP contribution is -2.43. The lowest BCUT2D eigenvalue weighted by molar-refractivity contribution is -0.133. The van der Waals surface area contributed by atoms with Gasteiger partial charge in [0.1, 0.15) is 0 Å². The van der Waals surface area contributed by atoms with E-state index in [0.717, 1.165) is 31.2 Å². The zero-order valence-corrected chi connectivity index (χ0v) is 15.0. The van der Waals surface area contributed by atoms with E-state index in [2.05, 4.69) is 26.0 Å². The van der Waals surface area contributed by atoms with E-state index in [1.807, 2.05) is 28.0 Å². The van der Waals surface area contributed by atoms with Crippen LogP contribution in [0.15, 0.2) is 30.3 Å². The standard InChI is InChI=1S/C20H30N2O2/c1-3-5-7-12-19(23)21-14-13-20(24)22(18(4-2)16-21)15-17-10-8-6-9-11-17/h6,8-11,18H,3-5,7,12-16H2,1-2H3. The van der Waals surface area contributed by atoms with Crippen LogP contribution in [0.5, 0.6) is 0 Å². The summed E-state index contributed by atoms with van der Waals surface area (Å²) in [5.74, 6) is 0.367. The second-order valence-electron chi connectivity index (χ2n) is 6.62. The average molecular weight is 330 g/mol. The Labute approximate surface area is 145 Å². The van der Waals surface area contributed by atoms with Crippen LogP contribution in [-0.2, 0) is 16.1 Å². The topological polar surface area (TPSA) is 40.6 Å². The first kappa shape index (κ1) is 18.5. The van der Waals surface area contributed by atoms with Gasteiger partial charge in [-0.05, 0) is 18.4 Å². The molecule has 0 radical (unpaired) electrons. The summed E-state index contributed by atoms with van der Waals surface area (Å²) in [4.78, 5) is 28.9. The molecule has 1 fully saturated rings. The summed E-state index contributed by atoms with van der Waals surface area (Å²) in [7, 11) is 0. The number of amides is 2. The van der Waals surface area contributed by atoms with Gasteiger partial charge in [-0.15, -0.1) is 0 Å². The van der Waals surface area contributed by atoms with E-state index < -0.39 is 0 Å². The fourth-order valence-electron chi connectivity index (χ4n) is 3.28. The molecule has 2 amide bonds. The number of carbonyl (C=O) groups excluding carboxylic acids is 2. The van der Waals surface area contributed by atoms with Crippen molar-refractivity contribution in [2.24, 2.45) is 0 Å². The summed E-state index contributed by atoms with van der Waals surface area (Å²) in [5.41, 5.74) is 1.15. The van der Waals surface area contributed by atoms with E-state index in [1.54, 1.807) is 0 Å². The largest absolute Gasteiger partial charge is 0.340 e. The van der Waals surface area contributed by atoms with Gasteiger partial charge in [-0.2, -0.15) is 0 Å². The lowest BCUT2D eigenvalue weighted by Gasteiger charge is -2.31. The Morgan fingerprint density at radius 1 is 1.17 bits per heavy atom. The SMILES string of the molecule is CCCCCC(=O)N1CCC(=O)N(Cc2ccccc2)C(CC)C1. The number of rotatable bonds is 7. The first-order chi connectivity index (χ1) is 11.7. The molecular formula is C20H30N2O2. The van der Waals surface area contributed by atoms with Gasteiger partial charge in [0.05, 0.1) is 0 Å². The molecule has 4 nitrogen and oxygen atoms in total. The highest BCUT2D eigenvalue weighted by molar-refractivity contribution is 5.80. The minimum atomic E-state index is 0.107. The molecule has 1 atom stereocenters. The summed E-state index contributed by atoms with van der Waals surface area (Å²) in [6.45, 7) is 6.10. The number of benzene rings is 1. The van der Waals surface area contributed by atoms with E-state index in [0.29, 0.717) is 32.5 Å². The molecule has 2 rings (SSSR count). The molecule has 0 aromatic heterocycles. The van der Waals surface area contributed by atoms with E-state index in [1.165, 1.54) is 0 Å². The zero-order chi connectivity index (χ0) is 17.4. The van der Waals surface area contributed by atoms with Gasteiger partial charge < -0.3 is 9.80 Å². The maximum Gasteiger partial charge on any atom is 0.224 e. The predicted octanol–water partition coefficient (Wildman–Crippen LogP) is 3.61. The second-order valence-corrected chi connectivity index (χ2v) is 6.62. The van der Waals surface area contributed by atoms with Crippen LogP contribution < -0.4 is 0 Å². The number of unbranched alkanes of at least 4 members (excludes halogenated alkanes) is 2. The molecule has 1 unspecified atom stereocenters. The number of hydrogen-bond donors (Lipinski definition) is 0. The van der Waals surface area contributed by atoms with E-state index in [4.69, 9.17) is 0 Å². The van der Waals surface area contributed by atoms with Crippen LogP contribution in [0.1, 0.15) is 57.9 Å². The first-order valence-corrected chi connectivity index (χ1v) is 9.26. The molecule has 1 saturated heterocycles. The molecule has 4 heteroatoms. The summed E-state index contributed by atoms with van der Waals surface area (Å²) < 4.78 is 0. The summed E-state index contributed by atoms with van der Waals surface area (Å²) >= 11 is 0. The molecule has 0 spiro atoms. The van der Waals surface area contributed by atoms with Gasteiger partial charge >= 0.3 is 0 Å². The minimum absolute atomic E-state index is 0.107. The summed E-state index contributed by atoms with van der Waals surface area (Å²) in [6.07, 6.45) is 5.08. The molecule has 1 heterocycles. The van der Waals surface area contributed by atoms with Crippen molar-refractivity contribution in [3.63, 3.8) is 0 Å². The summed E-state index contributed by atoms with van der Waals surface area (Å²) in [6, 6.07) is 10.2. The van der Waals surface area contributed by atoms with Gasteiger partial charge in [-0.3, -0.25) is 9.59 Å². The van der Waals surface area contributed by atoms with Crippen molar-refractivity contribution in [1.82, 2.24) is 9.80 Å². The molecule has 0 bridgehead atoms. The number of hydrogen-bond acceptors (Lipinski definition) is 2.